The smallest absolute Gasteiger partial charge is 0.223 e. The maximum atomic E-state index is 12.5. The molecule has 4 nitrogen and oxygen atoms in total. The first-order valence-electron chi connectivity index (χ1n) is 7.78. The van der Waals surface area contributed by atoms with Crippen molar-refractivity contribution < 1.29 is 4.79 Å². The summed E-state index contributed by atoms with van der Waals surface area (Å²) in [6.07, 6.45) is 1.79. The number of nitrogens with zero attached hydrogens (tertiary/aromatic N) is 1. The number of hydrogen-bond donors (Lipinski definition) is 2. The molecule has 3 unspecified atom stereocenters. The van der Waals surface area contributed by atoms with Crippen molar-refractivity contribution in [2.45, 2.75) is 53.1 Å². The van der Waals surface area contributed by atoms with Gasteiger partial charge in [-0.1, -0.05) is 26.8 Å². The summed E-state index contributed by atoms with van der Waals surface area (Å²) in [6, 6.07) is 6.06. The van der Waals surface area contributed by atoms with Crippen LogP contribution in [-0.4, -0.2) is 16.9 Å². The minimum atomic E-state index is -0.0677. The van der Waals surface area contributed by atoms with Crippen LogP contribution in [0.4, 0.5) is 0 Å². The first kappa shape index (κ1) is 16.0. The molecule has 0 bridgehead atoms. The number of pyridine rings is 1. The lowest BCUT2D eigenvalue weighted by molar-refractivity contribution is -0.132. The minimum Gasteiger partial charge on any atom is -0.350 e. The molecule has 1 amide bonds. The number of aromatic nitrogens is 1. The van der Waals surface area contributed by atoms with Crippen molar-refractivity contribution in [2.75, 3.05) is 0 Å². The second-order valence-corrected chi connectivity index (χ2v) is 6.89. The molecule has 21 heavy (non-hydrogen) atoms. The van der Waals surface area contributed by atoms with E-state index < -0.39 is 0 Å². The predicted octanol–water partition coefficient (Wildman–Crippen LogP) is 2.41. The average molecular weight is 289 g/mol. The molecule has 0 spiro atoms. The summed E-state index contributed by atoms with van der Waals surface area (Å²) >= 11 is 0. The third kappa shape index (κ3) is 3.43. The number of nitrogens with two attached hydrogens (primary N) is 1. The van der Waals surface area contributed by atoms with Crippen LogP contribution in [0.5, 0.6) is 0 Å². The molecule has 3 N–H and O–H groups in total. The summed E-state index contributed by atoms with van der Waals surface area (Å²) in [5.41, 5.74) is 7.96. The summed E-state index contributed by atoms with van der Waals surface area (Å²) in [7, 11) is 0. The van der Waals surface area contributed by atoms with Crippen molar-refractivity contribution in [2.24, 2.45) is 23.0 Å². The molecule has 0 aromatic carbocycles. The van der Waals surface area contributed by atoms with Gasteiger partial charge in [0.1, 0.15) is 0 Å². The van der Waals surface area contributed by atoms with E-state index in [-0.39, 0.29) is 23.3 Å². The molecule has 0 radical (unpaired) electrons. The van der Waals surface area contributed by atoms with Crippen LogP contribution in [0.25, 0.3) is 0 Å². The summed E-state index contributed by atoms with van der Waals surface area (Å²) in [6.45, 7) is 8.93. The Labute approximate surface area is 127 Å². The van der Waals surface area contributed by atoms with Crippen LogP contribution in [0.15, 0.2) is 18.2 Å². The number of hydrogen-bond acceptors (Lipinski definition) is 3. The Balaban J connectivity index is 2.00. The monoisotopic (exact) mass is 289 g/mol. The van der Waals surface area contributed by atoms with Crippen molar-refractivity contribution in [3.05, 3.63) is 29.6 Å². The summed E-state index contributed by atoms with van der Waals surface area (Å²) in [5, 5.41) is 3.04. The summed E-state index contributed by atoms with van der Waals surface area (Å²) < 4.78 is 0. The largest absolute Gasteiger partial charge is 0.350 e. The number of aryl methyl sites for hydroxylation is 1. The topological polar surface area (TPSA) is 68.0 Å². The van der Waals surface area contributed by atoms with E-state index in [1.165, 1.54) is 0 Å². The van der Waals surface area contributed by atoms with Crippen LogP contribution in [0.1, 0.15) is 45.0 Å². The van der Waals surface area contributed by atoms with Gasteiger partial charge in [0.2, 0.25) is 5.91 Å². The predicted molar refractivity (Wildman–Crippen MR) is 84.5 cm³/mol. The molecule has 1 saturated carbocycles. The fourth-order valence-electron chi connectivity index (χ4n) is 3.32. The zero-order valence-electron chi connectivity index (χ0n) is 13.5. The number of carbonyl (C=O) groups is 1. The second kappa shape index (κ2) is 6.14. The Hall–Kier alpha value is -1.42. The van der Waals surface area contributed by atoms with Crippen molar-refractivity contribution >= 4 is 5.91 Å². The lowest BCUT2D eigenvalue weighted by Crippen LogP contribution is -2.51. The third-order valence-electron chi connectivity index (χ3n) is 5.21. The standard InChI is InChI=1S/C17H27N3O/c1-11-6-5-7-13(20-11)10-19-16(21)14-8-9-15(18)12(2)17(14,3)4/h5-7,12,14-15H,8-10,18H2,1-4H3,(H,19,21). The van der Waals surface area contributed by atoms with Gasteiger partial charge < -0.3 is 11.1 Å². The SMILES string of the molecule is Cc1cccc(CNC(=O)C2CCC(N)C(C)C2(C)C)n1. The van der Waals surface area contributed by atoms with E-state index in [9.17, 15) is 4.79 Å². The number of nitrogens with one attached hydrogen (secondary N) is 1. The van der Waals surface area contributed by atoms with Gasteiger partial charge in [-0.15, -0.1) is 0 Å². The van der Waals surface area contributed by atoms with Gasteiger partial charge in [-0.05, 0) is 43.2 Å². The van der Waals surface area contributed by atoms with E-state index in [1.54, 1.807) is 0 Å². The maximum Gasteiger partial charge on any atom is 0.223 e. The molecule has 1 fully saturated rings. The summed E-state index contributed by atoms with van der Waals surface area (Å²) in [4.78, 5) is 17.0. The van der Waals surface area contributed by atoms with E-state index in [2.05, 4.69) is 31.1 Å². The molecule has 116 valence electrons. The highest BCUT2D eigenvalue weighted by Crippen LogP contribution is 2.44. The quantitative estimate of drug-likeness (QED) is 0.898. The van der Waals surface area contributed by atoms with Gasteiger partial charge in [0, 0.05) is 17.7 Å². The Bertz CT molecular complexity index is 513. The second-order valence-electron chi connectivity index (χ2n) is 6.89. The van der Waals surface area contributed by atoms with Crippen LogP contribution < -0.4 is 11.1 Å². The molecule has 0 aliphatic heterocycles. The van der Waals surface area contributed by atoms with Crippen molar-refractivity contribution in [1.29, 1.82) is 0 Å². The highest BCUT2D eigenvalue weighted by molar-refractivity contribution is 5.79. The molecule has 1 aliphatic rings. The zero-order chi connectivity index (χ0) is 15.6. The van der Waals surface area contributed by atoms with Gasteiger partial charge in [0.25, 0.3) is 0 Å². The van der Waals surface area contributed by atoms with E-state index in [0.29, 0.717) is 12.5 Å². The molecule has 2 rings (SSSR count). The van der Waals surface area contributed by atoms with Crippen LogP contribution in [0.2, 0.25) is 0 Å². The molecule has 1 heterocycles. The van der Waals surface area contributed by atoms with Gasteiger partial charge in [-0.3, -0.25) is 9.78 Å². The van der Waals surface area contributed by atoms with Crippen molar-refractivity contribution in [3.8, 4) is 0 Å². The fraction of sp³-hybridized carbons (Fsp3) is 0.647. The first-order valence-corrected chi connectivity index (χ1v) is 7.78. The third-order valence-corrected chi connectivity index (χ3v) is 5.21. The summed E-state index contributed by atoms with van der Waals surface area (Å²) in [5.74, 6) is 0.498. The Morgan fingerprint density at radius 2 is 2.14 bits per heavy atom. The van der Waals surface area contributed by atoms with Gasteiger partial charge in [-0.25, -0.2) is 0 Å². The molecule has 1 aliphatic carbocycles. The van der Waals surface area contributed by atoms with Gasteiger partial charge in [0.05, 0.1) is 12.2 Å². The molecular weight excluding hydrogens is 262 g/mol. The highest BCUT2D eigenvalue weighted by Gasteiger charge is 2.44. The van der Waals surface area contributed by atoms with E-state index in [1.807, 2.05) is 25.1 Å². The zero-order valence-corrected chi connectivity index (χ0v) is 13.5. The molecule has 1 aromatic heterocycles. The number of rotatable bonds is 3. The Kier molecular flexibility index (Phi) is 4.67. The molecular formula is C17H27N3O. The Morgan fingerprint density at radius 1 is 1.43 bits per heavy atom. The van der Waals surface area contributed by atoms with Crippen LogP contribution in [-0.2, 0) is 11.3 Å². The number of carbonyl (C=O) groups excluding carboxylic acids is 1. The van der Waals surface area contributed by atoms with Crippen LogP contribution in [0, 0.1) is 24.2 Å². The maximum absolute atomic E-state index is 12.5. The van der Waals surface area contributed by atoms with Crippen LogP contribution in [0.3, 0.4) is 0 Å². The highest BCUT2D eigenvalue weighted by atomic mass is 16.1. The lowest BCUT2D eigenvalue weighted by Gasteiger charge is -2.46. The molecule has 0 saturated heterocycles. The fourth-order valence-corrected chi connectivity index (χ4v) is 3.32. The van der Waals surface area contributed by atoms with Gasteiger partial charge >= 0.3 is 0 Å². The van der Waals surface area contributed by atoms with Gasteiger partial charge in [0.15, 0.2) is 0 Å². The van der Waals surface area contributed by atoms with Crippen molar-refractivity contribution in [1.82, 2.24) is 10.3 Å². The van der Waals surface area contributed by atoms with E-state index in [4.69, 9.17) is 5.73 Å². The van der Waals surface area contributed by atoms with E-state index in [0.717, 1.165) is 24.2 Å². The van der Waals surface area contributed by atoms with Crippen molar-refractivity contribution in [3.63, 3.8) is 0 Å². The van der Waals surface area contributed by atoms with Crippen LogP contribution >= 0.6 is 0 Å². The first-order chi connectivity index (χ1) is 9.82. The molecule has 4 heteroatoms. The molecule has 1 aromatic rings. The van der Waals surface area contributed by atoms with E-state index >= 15 is 0 Å². The minimum absolute atomic E-state index is 0.0251. The van der Waals surface area contributed by atoms with Gasteiger partial charge in [-0.2, -0.15) is 0 Å². The lowest BCUT2D eigenvalue weighted by atomic mass is 9.61. The number of amides is 1. The normalized spacial score (nSPS) is 28.1. The molecule has 3 atom stereocenters. The average Bonchev–Trinajstić information content (AvgIpc) is 2.42. The Morgan fingerprint density at radius 3 is 2.81 bits per heavy atom.